The van der Waals surface area contributed by atoms with E-state index in [0.29, 0.717) is 5.75 Å². The van der Waals surface area contributed by atoms with E-state index in [2.05, 4.69) is 4.98 Å². The Kier molecular flexibility index (Phi) is 6.38. The molecule has 2 heterocycles. The van der Waals surface area contributed by atoms with Gasteiger partial charge in [0, 0.05) is 39.2 Å². The van der Waals surface area contributed by atoms with Gasteiger partial charge >= 0.3 is 5.97 Å². The Labute approximate surface area is 174 Å². The maximum absolute atomic E-state index is 13.3. The molecule has 0 amide bonds. The van der Waals surface area contributed by atoms with E-state index >= 15 is 0 Å². The van der Waals surface area contributed by atoms with Crippen molar-refractivity contribution in [3.05, 3.63) is 48.8 Å². The van der Waals surface area contributed by atoms with E-state index in [-0.39, 0.29) is 11.4 Å². The molecule has 2 aromatic rings. The third-order valence-electron chi connectivity index (χ3n) is 4.47. The quantitative estimate of drug-likeness (QED) is 0.663. The van der Waals surface area contributed by atoms with Crippen LogP contribution in [0.2, 0.25) is 0 Å². The normalized spacial score (nSPS) is 19.9. The Morgan fingerprint density at radius 2 is 1.79 bits per heavy atom. The molecule has 0 N–H and O–H groups in total. The van der Waals surface area contributed by atoms with E-state index in [0.717, 1.165) is 9.79 Å². The first kappa shape index (κ1) is 21.2. The fraction of sp³-hybridized carbons (Fsp3) is 0.368. The second-order valence-electron chi connectivity index (χ2n) is 6.75. The number of carbonyl (C=O) groups is 1. The van der Waals surface area contributed by atoms with Crippen molar-refractivity contribution in [1.29, 1.82) is 0 Å². The van der Waals surface area contributed by atoms with Crippen molar-refractivity contribution in [2.45, 2.75) is 39.3 Å². The van der Waals surface area contributed by atoms with Crippen molar-refractivity contribution in [1.82, 2.24) is 9.29 Å². The number of pyridine rings is 1. The molecule has 0 saturated carbocycles. The van der Waals surface area contributed by atoms with E-state index in [1.54, 1.807) is 48.4 Å². The van der Waals surface area contributed by atoms with Gasteiger partial charge in [0.25, 0.3) is 0 Å². The molecule has 0 unspecified atom stereocenters. The summed E-state index contributed by atoms with van der Waals surface area (Å²) in [5.41, 5.74) is 0. The highest BCUT2D eigenvalue weighted by Crippen LogP contribution is 2.39. The zero-order valence-corrected chi connectivity index (χ0v) is 18.3. The number of carbonyl (C=O) groups excluding carboxylic acids is 1. The summed E-state index contributed by atoms with van der Waals surface area (Å²) in [6, 6.07) is 9.63. The predicted octanol–water partition coefficient (Wildman–Crippen LogP) is 3.29. The minimum atomic E-state index is -3.83. The molecule has 1 fully saturated rings. The monoisotopic (exact) mass is 438 g/mol. The number of hydrogen-bond acceptors (Lipinski definition) is 7. The van der Waals surface area contributed by atoms with E-state index in [4.69, 9.17) is 4.74 Å². The summed E-state index contributed by atoms with van der Waals surface area (Å²) in [6.07, 6.45) is 3.43. The maximum atomic E-state index is 13.3. The van der Waals surface area contributed by atoms with Gasteiger partial charge in [-0.3, -0.25) is 9.78 Å². The lowest BCUT2D eigenvalue weighted by atomic mass is 10.0. The van der Waals surface area contributed by atoms with Crippen molar-refractivity contribution >= 4 is 39.5 Å². The van der Waals surface area contributed by atoms with E-state index in [9.17, 15) is 13.2 Å². The summed E-state index contributed by atoms with van der Waals surface area (Å²) in [5.74, 6) is 0.0843. The summed E-state index contributed by atoms with van der Waals surface area (Å²) in [7, 11) is -2.54. The van der Waals surface area contributed by atoms with Crippen LogP contribution in [-0.4, -0.2) is 53.9 Å². The molecule has 0 radical (unpaired) electrons. The first-order valence-corrected chi connectivity index (χ1v) is 11.9. The number of rotatable bonds is 5. The molecule has 0 aliphatic carbocycles. The summed E-state index contributed by atoms with van der Waals surface area (Å²) >= 11 is 3.10. The maximum Gasteiger partial charge on any atom is 0.325 e. The van der Waals surface area contributed by atoms with Crippen LogP contribution in [-0.2, 0) is 19.6 Å². The van der Waals surface area contributed by atoms with Gasteiger partial charge in [-0.1, -0.05) is 11.8 Å². The van der Waals surface area contributed by atoms with Gasteiger partial charge in [0.1, 0.15) is 6.04 Å². The van der Waals surface area contributed by atoms with Crippen LogP contribution in [0.3, 0.4) is 0 Å². The molecule has 1 aliphatic rings. The second kappa shape index (κ2) is 8.44. The molecular formula is C19H22N2O4S3. The molecule has 1 aromatic heterocycles. The van der Waals surface area contributed by atoms with E-state index in [1.807, 2.05) is 26.0 Å². The van der Waals surface area contributed by atoms with Crippen molar-refractivity contribution in [2.75, 3.05) is 19.4 Å². The van der Waals surface area contributed by atoms with Gasteiger partial charge in [0.15, 0.2) is 0 Å². The molecule has 1 aromatic carbocycles. The topological polar surface area (TPSA) is 76.6 Å². The molecule has 1 atom stereocenters. The van der Waals surface area contributed by atoms with Crippen LogP contribution in [0, 0.1) is 0 Å². The molecule has 0 spiro atoms. The molecule has 0 bridgehead atoms. The standard InChI is InChI=1S/C19H22N2O4S3/c1-19(2)17(18(22)25-3)21(12-13-26-19)28(23,24)16-6-4-14(5-7-16)27-15-8-10-20-11-9-15/h4-11,17H,12-13H2,1-3H3/t17-/m0/s1. The summed E-state index contributed by atoms with van der Waals surface area (Å²) < 4.78 is 32.1. The van der Waals surface area contributed by atoms with Crippen molar-refractivity contribution in [2.24, 2.45) is 0 Å². The smallest absolute Gasteiger partial charge is 0.325 e. The lowest BCUT2D eigenvalue weighted by Gasteiger charge is -2.43. The average molecular weight is 439 g/mol. The molecular weight excluding hydrogens is 416 g/mol. The van der Waals surface area contributed by atoms with Gasteiger partial charge in [0.2, 0.25) is 10.0 Å². The fourth-order valence-corrected chi connectivity index (χ4v) is 6.97. The third kappa shape index (κ3) is 4.37. The van der Waals surface area contributed by atoms with Crippen LogP contribution in [0.15, 0.2) is 63.5 Å². The Balaban J connectivity index is 1.87. The Morgan fingerprint density at radius 1 is 1.18 bits per heavy atom. The number of methoxy groups -OCH3 is 1. The van der Waals surface area contributed by atoms with Gasteiger partial charge in [-0.25, -0.2) is 8.42 Å². The zero-order chi connectivity index (χ0) is 20.4. The molecule has 6 nitrogen and oxygen atoms in total. The summed E-state index contributed by atoms with van der Waals surface area (Å²) in [4.78, 5) is 18.5. The third-order valence-corrected chi connectivity index (χ3v) is 8.72. The molecule has 1 aliphatic heterocycles. The Hall–Kier alpha value is -1.55. The van der Waals surface area contributed by atoms with Crippen LogP contribution in [0.1, 0.15) is 13.8 Å². The highest BCUT2D eigenvalue weighted by molar-refractivity contribution is 8.01. The van der Waals surface area contributed by atoms with E-state index in [1.165, 1.54) is 23.2 Å². The molecule has 9 heteroatoms. The van der Waals surface area contributed by atoms with Crippen LogP contribution >= 0.6 is 23.5 Å². The first-order valence-electron chi connectivity index (χ1n) is 8.67. The van der Waals surface area contributed by atoms with Gasteiger partial charge in [-0.05, 0) is 50.2 Å². The van der Waals surface area contributed by atoms with Crippen LogP contribution in [0.5, 0.6) is 0 Å². The van der Waals surface area contributed by atoms with Crippen molar-refractivity contribution in [3.8, 4) is 0 Å². The number of aromatic nitrogens is 1. The summed E-state index contributed by atoms with van der Waals surface area (Å²) in [6.45, 7) is 4.01. The minimum absolute atomic E-state index is 0.170. The number of sulfonamides is 1. The van der Waals surface area contributed by atoms with Gasteiger partial charge in [-0.15, -0.1) is 0 Å². The Bertz CT molecular complexity index is 931. The fourth-order valence-electron chi connectivity index (χ4n) is 3.08. The molecule has 3 rings (SSSR count). The average Bonchev–Trinajstić information content (AvgIpc) is 2.68. The van der Waals surface area contributed by atoms with Crippen molar-refractivity contribution < 1.29 is 17.9 Å². The zero-order valence-electron chi connectivity index (χ0n) is 15.9. The highest BCUT2D eigenvalue weighted by Gasteiger charge is 2.48. The van der Waals surface area contributed by atoms with E-state index < -0.39 is 26.8 Å². The number of hydrogen-bond donors (Lipinski definition) is 0. The van der Waals surface area contributed by atoms with Crippen LogP contribution in [0.4, 0.5) is 0 Å². The SMILES string of the molecule is COC(=O)[C@@H]1N(S(=O)(=O)c2ccc(Sc3ccncc3)cc2)CCSC1(C)C. The number of esters is 1. The molecule has 1 saturated heterocycles. The first-order chi connectivity index (χ1) is 13.3. The number of benzene rings is 1. The number of nitrogens with zero attached hydrogens (tertiary/aromatic N) is 2. The van der Waals surface area contributed by atoms with Gasteiger partial charge in [-0.2, -0.15) is 16.1 Å². The largest absolute Gasteiger partial charge is 0.468 e. The van der Waals surface area contributed by atoms with Crippen LogP contribution < -0.4 is 0 Å². The Morgan fingerprint density at radius 3 is 2.39 bits per heavy atom. The summed E-state index contributed by atoms with van der Waals surface area (Å²) in [5, 5.41) is 0. The molecule has 28 heavy (non-hydrogen) atoms. The van der Waals surface area contributed by atoms with Gasteiger partial charge in [0.05, 0.1) is 12.0 Å². The lowest BCUT2D eigenvalue weighted by molar-refractivity contribution is -0.146. The molecule has 150 valence electrons. The highest BCUT2D eigenvalue weighted by atomic mass is 32.2. The number of ether oxygens (including phenoxy) is 1. The minimum Gasteiger partial charge on any atom is -0.468 e. The lowest BCUT2D eigenvalue weighted by Crippen LogP contribution is -2.58. The number of thioether (sulfide) groups is 1. The predicted molar refractivity (Wildman–Crippen MR) is 111 cm³/mol. The van der Waals surface area contributed by atoms with Gasteiger partial charge < -0.3 is 4.74 Å². The van der Waals surface area contributed by atoms with Crippen LogP contribution in [0.25, 0.3) is 0 Å². The van der Waals surface area contributed by atoms with Crippen molar-refractivity contribution in [3.63, 3.8) is 0 Å². The second-order valence-corrected chi connectivity index (χ2v) is 11.5.